The summed E-state index contributed by atoms with van der Waals surface area (Å²) in [5, 5.41) is 9.03. The summed E-state index contributed by atoms with van der Waals surface area (Å²) in [6.07, 6.45) is 2.74. The topological polar surface area (TPSA) is 55.5 Å². The molecule has 0 radical (unpaired) electrons. The quantitative estimate of drug-likeness (QED) is 0.762. The molecule has 0 saturated heterocycles. The third-order valence-electron chi connectivity index (χ3n) is 3.38. The molecule has 1 atom stereocenters. The number of ether oxygens (including phenoxy) is 1. The maximum atomic E-state index is 9.03. The van der Waals surface area contributed by atoms with Crippen molar-refractivity contribution in [1.29, 1.82) is 0 Å². The van der Waals surface area contributed by atoms with Gasteiger partial charge in [0, 0.05) is 6.61 Å². The van der Waals surface area contributed by atoms with Crippen molar-refractivity contribution < 1.29 is 9.84 Å². The molecule has 0 fully saturated rings. The van der Waals surface area contributed by atoms with Gasteiger partial charge in [-0.15, -0.1) is 0 Å². The maximum absolute atomic E-state index is 9.03. The van der Waals surface area contributed by atoms with Crippen LogP contribution in [0.25, 0.3) is 0 Å². The minimum Gasteiger partial charge on any atom is -0.497 e. The molecule has 0 saturated carbocycles. The van der Waals surface area contributed by atoms with Crippen molar-refractivity contribution in [3.63, 3.8) is 0 Å². The summed E-state index contributed by atoms with van der Waals surface area (Å²) in [5.41, 5.74) is 7.09. The van der Waals surface area contributed by atoms with E-state index in [0.717, 1.165) is 25.0 Å². The van der Waals surface area contributed by atoms with Crippen molar-refractivity contribution in [2.75, 3.05) is 20.3 Å². The van der Waals surface area contributed by atoms with Crippen LogP contribution in [-0.4, -0.2) is 25.4 Å². The highest BCUT2D eigenvalue weighted by Crippen LogP contribution is 2.26. The fraction of sp³-hybridized carbons (Fsp3) is 0.571. The predicted octanol–water partition coefficient (Wildman–Crippen LogP) is 1.98. The molecule has 0 aliphatic heterocycles. The number of aryl methyl sites for hydroxylation is 1. The van der Waals surface area contributed by atoms with Crippen LogP contribution in [0.2, 0.25) is 0 Å². The number of aliphatic hydroxyl groups excluding tert-OH is 1. The summed E-state index contributed by atoms with van der Waals surface area (Å²) >= 11 is 0. The van der Waals surface area contributed by atoms with E-state index in [-0.39, 0.29) is 12.0 Å². The number of rotatable bonds is 7. The van der Waals surface area contributed by atoms with Gasteiger partial charge >= 0.3 is 0 Å². The Kier molecular flexibility index (Phi) is 5.45. The Morgan fingerprint density at radius 3 is 2.35 bits per heavy atom. The maximum Gasteiger partial charge on any atom is 0.118 e. The molecule has 1 aromatic rings. The number of hydrogen-bond donors (Lipinski definition) is 2. The highest BCUT2D eigenvalue weighted by molar-refractivity contribution is 5.27. The minimum absolute atomic E-state index is 0.0364. The molecule has 0 aromatic heterocycles. The van der Waals surface area contributed by atoms with Crippen LogP contribution in [0.1, 0.15) is 25.3 Å². The van der Waals surface area contributed by atoms with Crippen LogP contribution >= 0.6 is 0 Å². The van der Waals surface area contributed by atoms with Crippen molar-refractivity contribution in [2.45, 2.75) is 26.2 Å². The molecular formula is C14H23NO2. The molecule has 96 valence electrons. The lowest BCUT2D eigenvalue weighted by Crippen LogP contribution is -2.29. The van der Waals surface area contributed by atoms with Gasteiger partial charge in [-0.3, -0.25) is 0 Å². The lowest BCUT2D eigenvalue weighted by atomic mass is 9.81. The SMILES string of the molecule is COc1ccc(CCC(C)(CN)CCO)cc1. The molecule has 0 spiro atoms. The first-order valence-corrected chi connectivity index (χ1v) is 6.07. The smallest absolute Gasteiger partial charge is 0.118 e. The normalized spacial score (nSPS) is 14.4. The highest BCUT2D eigenvalue weighted by Gasteiger charge is 2.21. The summed E-state index contributed by atoms with van der Waals surface area (Å²) in [4.78, 5) is 0. The molecule has 0 aliphatic carbocycles. The predicted molar refractivity (Wildman–Crippen MR) is 70.2 cm³/mol. The fourth-order valence-electron chi connectivity index (χ4n) is 1.84. The standard InChI is InChI=1S/C14H23NO2/c1-14(11-15,9-10-16)8-7-12-3-5-13(17-2)6-4-12/h3-6,16H,7-11,15H2,1-2H3. The van der Waals surface area contributed by atoms with E-state index in [1.807, 2.05) is 12.1 Å². The third-order valence-corrected chi connectivity index (χ3v) is 3.38. The van der Waals surface area contributed by atoms with Gasteiger partial charge in [0.2, 0.25) is 0 Å². The average Bonchev–Trinajstić information content (AvgIpc) is 2.37. The lowest BCUT2D eigenvalue weighted by Gasteiger charge is -2.27. The first-order valence-electron chi connectivity index (χ1n) is 6.07. The zero-order chi connectivity index (χ0) is 12.7. The van der Waals surface area contributed by atoms with Crippen molar-refractivity contribution in [3.8, 4) is 5.75 Å². The average molecular weight is 237 g/mol. The number of benzene rings is 1. The second-order valence-electron chi connectivity index (χ2n) is 4.84. The summed E-state index contributed by atoms with van der Waals surface area (Å²) in [6.45, 7) is 2.95. The van der Waals surface area contributed by atoms with Gasteiger partial charge in [0.15, 0.2) is 0 Å². The van der Waals surface area contributed by atoms with E-state index in [0.29, 0.717) is 6.54 Å². The van der Waals surface area contributed by atoms with Crippen LogP contribution in [0.5, 0.6) is 5.75 Å². The van der Waals surface area contributed by atoms with Gasteiger partial charge in [0.25, 0.3) is 0 Å². The van der Waals surface area contributed by atoms with E-state index in [1.165, 1.54) is 5.56 Å². The molecule has 0 heterocycles. The molecule has 3 heteroatoms. The largest absolute Gasteiger partial charge is 0.497 e. The monoisotopic (exact) mass is 237 g/mol. The molecule has 1 unspecified atom stereocenters. The number of nitrogens with two attached hydrogens (primary N) is 1. The van der Waals surface area contributed by atoms with Gasteiger partial charge in [-0.1, -0.05) is 19.1 Å². The third kappa shape index (κ3) is 4.36. The Morgan fingerprint density at radius 2 is 1.88 bits per heavy atom. The number of methoxy groups -OCH3 is 1. The van der Waals surface area contributed by atoms with Gasteiger partial charge in [-0.2, -0.15) is 0 Å². The Bertz CT molecular complexity index is 323. The molecule has 1 rings (SSSR count). The summed E-state index contributed by atoms with van der Waals surface area (Å²) in [5.74, 6) is 0.880. The first kappa shape index (κ1) is 14.0. The van der Waals surface area contributed by atoms with E-state index >= 15 is 0 Å². The Morgan fingerprint density at radius 1 is 1.24 bits per heavy atom. The zero-order valence-corrected chi connectivity index (χ0v) is 10.8. The molecule has 3 N–H and O–H groups in total. The van der Waals surface area contributed by atoms with Crippen molar-refractivity contribution >= 4 is 0 Å². The zero-order valence-electron chi connectivity index (χ0n) is 10.8. The highest BCUT2D eigenvalue weighted by atomic mass is 16.5. The first-order chi connectivity index (χ1) is 8.13. The second-order valence-corrected chi connectivity index (χ2v) is 4.84. The summed E-state index contributed by atoms with van der Waals surface area (Å²) in [6, 6.07) is 8.10. The fourth-order valence-corrected chi connectivity index (χ4v) is 1.84. The molecule has 0 amide bonds. The van der Waals surface area contributed by atoms with Gasteiger partial charge in [-0.05, 0) is 48.9 Å². The molecule has 0 aliphatic rings. The number of aliphatic hydroxyl groups is 1. The lowest BCUT2D eigenvalue weighted by molar-refractivity contribution is 0.192. The van der Waals surface area contributed by atoms with E-state index in [4.69, 9.17) is 15.6 Å². The van der Waals surface area contributed by atoms with E-state index < -0.39 is 0 Å². The Labute approximate surface area is 104 Å². The van der Waals surface area contributed by atoms with Gasteiger partial charge in [0.1, 0.15) is 5.75 Å². The molecule has 17 heavy (non-hydrogen) atoms. The molecule has 1 aromatic carbocycles. The van der Waals surface area contributed by atoms with Crippen LogP contribution in [0.4, 0.5) is 0 Å². The Balaban J connectivity index is 2.53. The molecular weight excluding hydrogens is 214 g/mol. The summed E-state index contributed by atoms with van der Waals surface area (Å²) < 4.78 is 5.12. The van der Waals surface area contributed by atoms with Crippen molar-refractivity contribution in [2.24, 2.45) is 11.1 Å². The van der Waals surface area contributed by atoms with Crippen LogP contribution in [-0.2, 0) is 6.42 Å². The number of hydrogen-bond acceptors (Lipinski definition) is 3. The second kappa shape index (κ2) is 6.62. The van der Waals surface area contributed by atoms with Gasteiger partial charge in [0.05, 0.1) is 7.11 Å². The van der Waals surface area contributed by atoms with Crippen LogP contribution in [0.15, 0.2) is 24.3 Å². The van der Waals surface area contributed by atoms with Crippen LogP contribution in [0.3, 0.4) is 0 Å². The molecule has 3 nitrogen and oxygen atoms in total. The Hall–Kier alpha value is -1.06. The van der Waals surface area contributed by atoms with Gasteiger partial charge < -0.3 is 15.6 Å². The molecule has 0 bridgehead atoms. The van der Waals surface area contributed by atoms with Crippen molar-refractivity contribution in [3.05, 3.63) is 29.8 Å². The van der Waals surface area contributed by atoms with E-state index in [1.54, 1.807) is 7.11 Å². The van der Waals surface area contributed by atoms with Crippen molar-refractivity contribution in [1.82, 2.24) is 0 Å². The van der Waals surface area contributed by atoms with Gasteiger partial charge in [-0.25, -0.2) is 0 Å². The summed E-state index contributed by atoms with van der Waals surface area (Å²) in [7, 11) is 1.67. The van der Waals surface area contributed by atoms with E-state index in [2.05, 4.69) is 19.1 Å². The van der Waals surface area contributed by atoms with E-state index in [9.17, 15) is 0 Å². The minimum atomic E-state index is 0.0364. The van der Waals surface area contributed by atoms with Crippen LogP contribution < -0.4 is 10.5 Å². The van der Waals surface area contributed by atoms with Crippen LogP contribution in [0, 0.1) is 5.41 Å².